The largest absolute Gasteiger partial charge is 0.484 e. The summed E-state index contributed by atoms with van der Waals surface area (Å²) in [6.07, 6.45) is 3.32. The molecule has 2 heterocycles. The molecular formula is C33H33ClN4O6S. The molecule has 2 amide bonds. The Morgan fingerprint density at radius 1 is 0.933 bits per heavy atom. The number of rotatable bonds is 12. The Hall–Kier alpha value is -4.29. The van der Waals surface area contributed by atoms with E-state index in [9.17, 15) is 18.0 Å². The lowest BCUT2D eigenvalue weighted by Gasteiger charge is -2.31. The number of ether oxygens (including phenoxy) is 2. The van der Waals surface area contributed by atoms with Gasteiger partial charge in [0.15, 0.2) is 6.61 Å². The van der Waals surface area contributed by atoms with Crippen LogP contribution < -0.4 is 10.1 Å². The highest BCUT2D eigenvalue weighted by molar-refractivity contribution is 7.89. The summed E-state index contributed by atoms with van der Waals surface area (Å²) in [4.78, 5) is 33.4. The lowest BCUT2D eigenvalue weighted by Crippen LogP contribution is -2.45. The first-order chi connectivity index (χ1) is 21.8. The number of pyridine rings is 1. The van der Waals surface area contributed by atoms with Gasteiger partial charge in [-0.2, -0.15) is 4.31 Å². The van der Waals surface area contributed by atoms with Gasteiger partial charge in [-0.1, -0.05) is 60.1 Å². The molecule has 0 saturated carbocycles. The molecule has 3 aromatic carbocycles. The van der Waals surface area contributed by atoms with Gasteiger partial charge in [-0.25, -0.2) is 8.42 Å². The molecule has 45 heavy (non-hydrogen) atoms. The average molecular weight is 649 g/mol. The molecule has 4 aromatic rings. The summed E-state index contributed by atoms with van der Waals surface area (Å²) < 4.78 is 38.4. The summed E-state index contributed by atoms with van der Waals surface area (Å²) in [7, 11) is -3.67. The van der Waals surface area contributed by atoms with Gasteiger partial charge in [-0.3, -0.25) is 14.6 Å². The fourth-order valence-electron chi connectivity index (χ4n) is 4.88. The van der Waals surface area contributed by atoms with E-state index in [2.05, 4.69) is 10.3 Å². The lowest BCUT2D eigenvalue weighted by molar-refractivity contribution is -0.143. The van der Waals surface area contributed by atoms with E-state index in [-0.39, 0.29) is 43.6 Å². The second-order valence-corrected chi connectivity index (χ2v) is 12.7. The highest BCUT2D eigenvalue weighted by Gasteiger charge is 2.32. The maximum Gasteiger partial charge on any atom is 0.261 e. The van der Waals surface area contributed by atoms with Crippen molar-refractivity contribution in [3.8, 4) is 5.75 Å². The van der Waals surface area contributed by atoms with E-state index < -0.39 is 22.0 Å². The third-order valence-electron chi connectivity index (χ3n) is 7.25. The molecule has 0 radical (unpaired) electrons. The molecule has 1 fully saturated rings. The number of carbonyl (C=O) groups is 2. The van der Waals surface area contributed by atoms with Gasteiger partial charge in [0.25, 0.3) is 5.91 Å². The number of hydrogen-bond acceptors (Lipinski definition) is 7. The van der Waals surface area contributed by atoms with Crippen LogP contribution in [0.3, 0.4) is 0 Å². The number of amides is 2. The van der Waals surface area contributed by atoms with Gasteiger partial charge in [-0.15, -0.1) is 0 Å². The van der Waals surface area contributed by atoms with E-state index in [1.165, 1.54) is 33.5 Å². The van der Waals surface area contributed by atoms with Crippen molar-refractivity contribution in [2.45, 2.75) is 24.0 Å². The van der Waals surface area contributed by atoms with Crippen LogP contribution in [0.5, 0.6) is 5.75 Å². The Morgan fingerprint density at radius 3 is 2.31 bits per heavy atom. The maximum absolute atomic E-state index is 13.9. The fraction of sp³-hybridized carbons (Fsp3) is 0.242. The molecule has 1 N–H and O–H groups in total. The predicted octanol–water partition coefficient (Wildman–Crippen LogP) is 4.22. The number of carbonyl (C=O) groups excluding carboxylic acids is 2. The van der Waals surface area contributed by atoms with Crippen molar-refractivity contribution in [3.05, 3.63) is 125 Å². The summed E-state index contributed by atoms with van der Waals surface area (Å²) in [6, 6.07) is 24.7. The number of nitrogens with one attached hydrogen (secondary N) is 1. The number of sulfonamides is 1. The zero-order valence-corrected chi connectivity index (χ0v) is 26.0. The zero-order chi connectivity index (χ0) is 31.6. The van der Waals surface area contributed by atoms with Crippen LogP contribution >= 0.6 is 11.6 Å². The quantitative estimate of drug-likeness (QED) is 0.244. The molecule has 0 unspecified atom stereocenters. The Labute approximate surface area is 267 Å². The maximum atomic E-state index is 13.9. The molecule has 234 valence electrons. The summed E-state index contributed by atoms with van der Waals surface area (Å²) in [5.74, 6) is -0.501. The first-order valence-electron chi connectivity index (χ1n) is 14.4. The van der Waals surface area contributed by atoms with Crippen LogP contribution in [0.25, 0.3) is 0 Å². The normalized spacial score (nSPS) is 14.3. The fourth-order valence-corrected chi connectivity index (χ4v) is 6.41. The summed E-state index contributed by atoms with van der Waals surface area (Å²) in [5.41, 5.74) is 2.21. The minimum atomic E-state index is -3.67. The monoisotopic (exact) mass is 648 g/mol. The molecule has 1 aliphatic heterocycles. The topological polar surface area (TPSA) is 118 Å². The van der Waals surface area contributed by atoms with Gasteiger partial charge in [0.2, 0.25) is 15.9 Å². The molecule has 0 bridgehead atoms. The van der Waals surface area contributed by atoms with E-state index >= 15 is 0 Å². The van der Waals surface area contributed by atoms with Gasteiger partial charge < -0.3 is 19.7 Å². The molecule has 1 aromatic heterocycles. The van der Waals surface area contributed by atoms with Crippen LogP contribution in [-0.2, 0) is 37.4 Å². The van der Waals surface area contributed by atoms with Gasteiger partial charge in [0.05, 0.1) is 18.1 Å². The van der Waals surface area contributed by atoms with E-state index in [0.29, 0.717) is 29.5 Å². The molecule has 0 spiro atoms. The summed E-state index contributed by atoms with van der Waals surface area (Å²) in [5, 5.41) is 3.49. The average Bonchev–Trinajstić information content (AvgIpc) is 3.08. The number of aromatic nitrogens is 1. The first-order valence-corrected chi connectivity index (χ1v) is 16.2. The molecule has 0 aliphatic carbocycles. The van der Waals surface area contributed by atoms with E-state index in [4.69, 9.17) is 21.1 Å². The molecule has 1 aliphatic rings. The minimum Gasteiger partial charge on any atom is -0.484 e. The third-order valence-corrected chi connectivity index (χ3v) is 9.41. The number of morpholine rings is 1. The SMILES string of the molecule is O=C(NCc1cccnc1)[C@@H](c1ccccc1)N(Cc1ccc(Cl)cc1)C(=O)COc1ccc(S(=O)(=O)N2CCOCC2)cc1. The van der Waals surface area contributed by atoms with Gasteiger partial charge >= 0.3 is 0 Å². The Bertz CT molecular complexity index is 1670. The highest BCUT2D eigenvalue weighted by atomic mass is 35.5. The van der Waals surface area contributed by atoms with Crippen LogP contribution in [0.4, 0.5) is 0 Å². The lowest BCUT2D eigenvalue weighted by atomic mass is 10.0. The second kappa shape index (κ2) is 15.1. The summed E-state index contributed by atoms with van der Waals surface area (Å²) >= 11 is 6.10. The molecule has 1 saturated heterocycles. The predicted molar refractivity (Wildman–Crippen MR) is 169 cm³/mol. The number of halogens is 1. The number of nitrogens with zero attached hydrogens (tertiary/aromatic N) is 3. The molecule has 5 rings (SSSR count). The van der Waals surface area contributed by atoms with E-state index in [0.717, 1.165) is 11.1 Å². The van der Waals surface area contributed by atoms with Crippen molar-refractivity contribution in [1.82, 2.24) is 19.5 Å². The van der Waals surface area contributed by atoms with Crippen LogP contribution in [0, 0.1) is 0 Å². The van der Waals surface area contributed by atoms with Crippen molar-refractivity contribution in [2.75, 3.05) is 32.9 Å². The number of hydrogen-bond donors (Lipinski definition) is 1. The second-order valence-electron chi connectivity index (χ2n) is 10.3. The Kier molecular flexibility index (Phi) is 10.8. The van der Waals surface area contributed by atoms with Gasteiger partial charge in [0.1, 0.15) is 11.8 Å². The standard InChI is InChI=1S/C33H33ClN4O6S/c34-28-10-8-25(9-11-28)23-38(32(27-6-2-1-3-7-27)33(40)36-22-26-5-4-16-35-21-26)31(39)24-44-29-12-14-30(15-13-29)45(41,42)37-17-19-43-20-18-37/h1-16,21,32H,17-20,22-24H2,(H,36,40)/t32-/m1/s1. The molecular weight excluding hydrogens is 616 g/mol. The van der Waals surface area contributed by atoms with Crippen molar-refractivity contribution in [2.24, 2.45) is 0 Å². The highest BCUT2D eigenvalue weighted by Crippen LogP contribution is 2.26. The van der Waals surface area contributed by atoms with Crippen LogP contribution in [0.1, 0.15) is 22.7 Å². The molecule has 12 heteroatoms. The Morgan fingerprint density at radius 2 is 1.64 bits per heavy atom. The van der Waals surface area contributed by atoms with Crippen LogP contribution in [0.2, 0.25) is 5.02 Å². The van der Waals surface area contributed by atoms with E-state index in [1.807, 2.05) is 24.3 Å². The zero-order valence-electron chi connectivity index (χ0n) is 24.4. The van der Waals surface area contributed by atoms with Gasteiger partial charge in [0, 0.05) is 43.6 Å². The first kappa shape index (κ1) is 32.1. The van der Waals surface area contributed by atoms with Crippen molar-refractivity contribution < 1.29 is 27.5 Å². The van der Waals surface area contributed by atoms with E-state index in [1.54, 1.807) is 54.9 Å². The molecule has 10 nitrogen and oxygen atoms in total. The van der Waals surface area contributed by atoms with Crippen molar-refractivity contribution >= 4 is 33.4 Å². The van der Waals surface area contributed by atoms with Crippen molar-refractivity contribution in [1.29, 1.82) is 0 Å². The Balaban J connectivity index is 1.36. The summed E-state index contributed by atoms with van der Waals surface area (Å²) in [6.45, 7) is 1.22. The molecule has 1 atom stereocenters. The smallest absolute Gasteiger partial charge is 0.261 e. The third kappa shape index (κ3) is 8.46. The van der Waals surface area contributed by atoms with Crippen molar-refractivity contribution in [3.63, 3.8) is 0 Å². The van der Waals surface area contributed by atoms with Crippen LogP contribution in [0.15, 0.2) is 108 Å². The number of benzene rings is 3. The minimum absolute atomic E-state index is 0.107. The van der Waals surface area contributed by atoms with Crippen LogP contribution in [-0.4, -0.2) is 67.3 Å². The van der Waals surface area contributed by atoms with Gasteiger partial charge in [-0.05, 0) is 59.2 Å².